The molecule has 1 aromatic heterocycles. The zero-order valence-corrected chi connectivity index (χ0v) is 13.3. The van der Waals surface area contributed by atoms with Crippen molar-refractivity contribution in [3.8, 4) is 0 Å². The van der Waals surface area contributed by atoms with E-state index in [-0.39, 0.29) is 15.7 Å². The highest BCUT2D eigenvalue weighted by atomic mass is 32.2. The fourth-order valence-electron chi connectivity index (χ4n) is 1.87. The van der Waals surface area contributed by atoms with Gasteiger partial charge in [-0.2, -0.15) is 0 Å². The molecule has 2 rings (SSSR count). The van der Waals surface area contributed by atoms with E-state index >= 15 is 0 Å². The molecule has 0 fully saturated rings. The molecule has 0 radical (unpaired) electrons. The first-order valence-electron chi connectivity index (χ1n) is 6.48. The largest absolute Gasteiger partial charge is 0.308 e. The van der Waals surface area contributed by atoms with E-state index in [1.807, 2.05) is 20.8 Å². The molecule has 20 heavy (non-hydrogen) atoms. The number of aromatic nitrogens is 1. The molecule has 5 nitrogen and oxygen atoms in total. The van der Waals surface area contributed by atoms with Gasteiger partial charge in [-0.3, -0.25) is 9.36 Å². The third-order valence-electron chi connectivity index (χ3n) is 2.95. The summed E-state index contributed by atoms with van der Waals surface area (Å²) in [4.78, 5) is 11.9. The van der Waals surface area contributed by atoms with Crippen LogP contribution in [-0.2, 0) is 16.6 Å². The maximum absolute atomic E-state index is 12.2. The predicted octanol–water partition coefficient (Wildman–Crippen LogP) is 2.02. The van der Waals surface area contributed by atoms with Crippen molar-refractivity contribution >= 4 is 31.6 Å². The summed E-state index contributed by atoms with van der Waals surface area (Å²) in [7, 11) is -3.51. The van der Waals surface area contributed by atoms with Crippen LogP contribution in [0.2, 0.25) is 0 Å². The number of aryl methyl sites for hydroxylation is 1. The molecule has 1 heterocycles. The van der Waals surface area contributed by atoms with Gasteiger partial charge in [0.2, 0.25) is 10.0 Å². The number of rotatable bonds is 5. The van der Waals surface area contributed by atoms with Gasteiger partial charge >= 0.3 is 4.87 Å². The van der Waals surface area contributed by atoms with Gasteiger partial charge in [0, 0.05) is 13.1 Å². The van der Waals surface area contributed by atoms with Crippen molar-refractivity contribution in [1.29, 1.82) is 0 Å². The van der Waals surface area contributed by atoms with Crippen LogP contribution in [0.15, 0.2) is 27.9 Å². The summed E-state index contributed by atoms with van der Waals surface area (Å²) in [6, 6.07) is 4.81. The van der Waals surface area contributed by atoms with Crippen LogP contribution in [0.3, 0.4) is 0 Å². The molecule has 7 heteroatoms. The van der Waals surface area contributed by atoms with Crippen molar-refractivity contribution in [2.24, 2.45) is 5.92 Å². The van der Waals surface area contributed by atoms with E-state index in [1.54, 1.807) is 22.8 Å². The Kier molecular flexibility index (Phi) is 4.31. The molecule has 0 amide bonds. The van der Waals surface area contributed by atoms with Gasteiger partial charge in [-0.1, -0.05) is 25.2 Å². The molecule has 0 saturated heterocycles. The SMILES string of the molecule is CCn1c(=O)sc2cc(S(=O)(=O)NCC(C)C)ccc21. The Morgan fingerprint density at radius 2 is 2.05 bits per heavy atom. The average molecular weight is 314 g/mol. The van der Waals surface area contributed by atoms with Crippen molar-refractivity contribution < 1.29 is 8.42 Å². The van der Waals surface area contributed by atoms with Crippen LogP contribution in [0.25, 0.3) is 10.2 Å². The lowest BCUT2D eigenvalue weighted by Crippen LogP contribution is -2.27. The van der Waals surface area contributed by atoms with E-state index in [1.165, 1.54) is 0 Å². The van der Waals surface area contributed by atoms with Crippen LogP contribution in [0.1, 0.15) is 20.8 Å². The number of sulfonamides is 1. The monoisotopic (exact) mass is 314 g/mol. The number of benzene rings is 1. The Balaban J connectivity index is 2.44. The lowest BCUT2D eigenvalue weighted by molar-refractivity contribution is 0.560. The van der Waals surface area contributed by atoms with Gasteiger partial charge in [-0.25, -0.2) is 13.1 Å². The fraction of sp³-hybridized carbons (Fsp3) is 0.462. The van der Waals surface area contributed by atoms with Gasteiger partial charge in [0.1, 0.15) is 0 Å². The molecule has 0 aliphatic carbocycles. The van der Waals surface area contributed by atoms with Crippen molar-refractivity contribution in [3.05, 3.63) is 27.9 Å². The molecule has 1 aromatic carbocycles. The minimum Gasteiger partial charge on any atom is -0.299 e. The van der Waals surface area contributed by atoms with Crippen molar-refractivity contribution in [2.45, 2.75) is 32.2 Å². The van der Waals surface area contributed by atoms with Gasteiger partial charge in [-0.15, -0.1) is 0 Å². The van der Waals surface area contributed by atoms with Gasteiger partial charge in [0.25, 0.3) is 0 Å². The first-order valence-corrected chi connectivity index (χ1v) is 8.78. The topological polar surface area (TPSA) is 68.2 Å². The zero-order chi connectivity index (χ0) is 14.9. The molecule has 0 aliphatic rings. The van der Waals surface area contributed by atoms with E-state index < -0.39 is 10.0 Å². The highest BCUT2D eigenvalue weighted by molar-refractivity contribution is 7.89. The maximum Gasteiger partial charge on any atom is 0.308 e. The van der Waals surface area contributed by atoms with Gasteiger partial charge in [0.15, 0.2) is 0 Å². The number of nitrogens with zero attached hydrogens (tertiary/aromatic N) is 1. The lowest BCUT2D eigenvalue weighted by Gasteiger charge is -2.09. The van der Waals surface area contributed by atoms with E-state index in [4.69, 9.17) is 0 Å². The number of thiazole rings is 1. The van der Waals surface area contributed by atoms with Crippen molar-refractivity contribution in [3.63, 3.8) is 0 Å². The van der Waals surface area contributed by atoms with Gasteiger partial charge < -0.3 is 0 Å². The molecular weight excluding hydrogens is 296 g/mol. The third-order valence-corrected chi connectivity index (χ3v) is 5.31. The predicted molar refractivity (Wildman–Crippen MR) is 81.8 cm³/mol. The van der Waals surface area contributed by atoms with Crippen molar-refractivity contribution in [1.82, 2.24) is 9.29 Å². The summed E-state index contributed by atoms with van der Waals surface area (Å²) in [5.41, 5.74) is 0.783. The molecular formula is C13H18N2O3S2. The number of nitrogens with one attached hydrogen (secondary N) is 1. The second-order valence-corrected chi connectivity index (χ2v) is 7.75. The summed E-state index contributed by atoms with van der Waals surface area (Å²) < 4.78 is 29.2. The number of fused-ring (bicyclic) bond motifs is 1. The standard InChI is InChI=1S/C13H18N2O3S2/c1-4-15-11-6-5-10(7-12(11)19-13(15)16)20(17,18)14-8-9(2)3/h5-7,9,14H,4,8H2,1-3H3. The minimum absolute atomic E-state index is 0.0628. The quantitative estimate of drug-likeness (QED) is 0.918. The first-order chi connectivity index (χ1) is 9.35. The van der Waals surface area contributed by atoms with Crippen LogP contribution < -0.4 is 9.60 Å². The Morgan fingerprint density at radius 3 is 2.65 bits per heavy atom. The Morgan fingerprint density at radius 1 is 1.35 bits per heavy atom. The maximum atomic E-state index is 12.2. The molecule has 0 spiro atoms. The highest BCUT2D eigenvalue weighted by Gasteiger charge is 2.16. The summed E-state index contributed by atoms with van der Waals surface area (Å²) >= 11 is 1.07. The van der Waals surface area contributed by atoms with Crippen LogP contribution in [0.5, 0.6) is 0 Å². The summed E-state index contributed by atoms with van der Waals surface area (Å²) in [5.74, 6) is 0.241. The van der Waals surface area contributed by atoms with Gasteiger partial charge in [0.05, 0.1) is 15.1 Å². The normalized spacial score (nSPS) is 12.4. The number of hydrogen-bond acceptors (Lipinski definition) is 4. The first kappa shape index (κ1) is 15.2. The van der Waals surface area contributed by atoms with E-state index in [0.717, 1.165) is 16.9 Å². The Labute approximate surface area is 122 Å². The molecule has 110 valence electrons. The van der Waals surface area contributed by atoms with Crippen molar-refractivity contribution in [2.75, 3.05) is 6.54 Å². The second-order valence-electron chi connectivity index (χ2n) is 4.99. The van der Waals surface area contributed by atoms with Crippen LogP contribution in [0.4, 0.5) is 0 Å². The van der Waals surface area contributed by atoms with Gasteiger partial charge in [-0.05, 0) is 31.0 Å². The third kappa shape index (κ3) is 2.94. The molecule has 2 aromatic rings. The summed E-state index contributed by atoms with van der Waals surface area (Å²) in [6.07, 6.45) is 0. The average Bonchev–Trinajstić information content (AvgIpc) is 2.70. The van der Waals surface area contributed by atoms with Crippen LogP contribution in [-0.4, -0.2) is 19.5 Å². The Bertz CT molecular complexity index is 773. The molecule has 0 atom stereocenters. The second kappa shape index (κ2) is 5.67. The molecule has 0 aliphatic heterocycles. The molecule has 0 bridgehead atoms. The Hall–Kier alpha value is -1.18. The van der Waals surface area contributed by atoms with E-state index in [0.29, 0.717) is 17.8 Å². The van der Waals surface area contributed by atoms with Crippen LogP contribution in [0, 0.1) is 5.92 Å². The zero-order valence-electron chi connectivity index (χ0n) is 11.7. The fourth-order valence-corrected chi connectivity index (χ4v) is 4.18. The highest BCUT2D eigenvalue weighted by Crippen LogP contribution is 2.21. The molecule has 1 N–H and O–H groups in total. The van der Waals surface area contributed by atoms with E-state index in [9.17, 15) is 13.2 Å². The smallest absolute Gasteiger partial charge is 0.299 e. The molecule has 0 saturated carbocycles. The van der Waals surface area contributed by atoms with E-state index in [2.05, 4.69) is 4.72 Å². The summed E-state index contributed by atoms with van der Waals surface area (Å²) in [5, 5.41) is 0. The minimum atomic E-state index is -3.51. The lowest BCUT2D eigenvalue weighted by atomic mass is 10.2. The van der Waals surface area contributed by atoms with Crippen LogP contribution >= 0.6 is 11.3 Å². The summed E-state index contributed by atoms with van der Waals surface area (Å²) in [6.45, 7) is 6.75. The number of hydrogen-bond donors (Lipinski definition) is 1. The molecule has 0 unspecified atom stereocenters.